The lowest BCUT2D eigenvalue weighted by atomic mass is 9.60. The van der Waals surface area contributed by atoms with E-state index >= 15 is 0 Å². The maximum atomic E-state index is 7.73. The molecule has 72 heavy (non-hydrogen) atoms. The van der Waals surface area contributed by atoms with Gasteiger partial charge in [0.25, 0.3) is 0 Å². The van der Waals surface area contributed by atoms with Crippen molar-refractivity contribution in [3.8, 4) is 0 Å². The maximum Gasteiger partial charge on any atom is 0.192 e. The van der Waals surface area contributed by atoms with E-state index in [1.807, 2.05) is 0 Å². The average molecular weight is 1090 g/mol. The summed E-state index contributed by atoms with van der Waals surface area (Å²) in [6.07, 6.45) is 19.6. The van der Waals surface area contributed by atoms with Crippen LogP contribution in [0.25, 0.3) is 0 Å². The van der Waals surface area contributed by atoms with E-state index in [0.29, 0.717) is 17.8 Å². The Hall–Kier alpha value is 0.104. The smallest absolute Gasteiger partial charge is 0.192 e. The molecule has 0 aromatic rings. The van der Waals surface area contributed by atoms with Gasteiger partial charge in [0.2, 0.25) is 0 Å². The van der Waals surface area contributed by atoms with Gasteiger partial charge in [0, 0.05) is 6.42 Å². The Morgan fingerprint density at radius 1 is 0.639 bits per heavy atom. The Morgan fingerprint density at radius 2 is 1.14 bits per heavy atom. The third-order valence-corrected chi connectivity index (χ3v) is 44.8. The Morgan fingerprint density at radius 3 is 1.64 bits per heavy atom. The second-order valence-corrected chi connectivity index (χ2v) is 52.1. The van der Waals surface area contributed by atoms with E-state index in [1.54, 1.807) is 5.57 Å². The molecule has 0 bridgehead atoms. The number of allylic oxidation sites excluding steroid dienone is 3. The number of hydrogen-bond acceptors (Lipinski definition) is 5. The Bertz CT molecular complexity index is 1720. The summed E-state index contributed by atoms with van der Waals surface area (Å²) in [5.74, 6) is 1.96. The molecular formula is C62H124O5Si5. The molecule has 5 nitrogen and oxygen atoms in total. The molecule has 3 fully saturated rings. The minimum absolute atomic E-state index is 0.0000253. The predicted molar refractivity (Wildman–Crippen MR) is 330 cm³/mol. The fourth-order valence-electron chi connectivity index (χ4n) is 13.6. The molecule has 7 atom stereocenters. The lowest BCUT2D eigenvalue weighted by Gasteiger charge is -2.48. The molecule has 0 N–H and O–H groups in total. The summed E-state index contributed by atoms with van der Waals surface area (Å²) >= 11 is 0. The summed E-state index contributed by atoms with van der Waals surface area (Å²) in [4.78, 5) is 0. The molecule has 0 saturated heterocycles. The van der Waals surface area contributed by atoms with Gasteiger partial charge in [-0.1, -0.05) is 148 Å². The highest BCUT2D eigenvalue weighted by Gasteiger charge is 2.53. The summed E-state index contributed by atoms with van der Waals surface area (Å²) in [6.45, 7) is 62.6. The van der Waals surface area contributed by atoms with Crippen molar-refractivity contribution in [3.63, 3.8) is 0 Å². The third-order valence-electron chi connectivity index (χ3n) is 21.4. The molecule has 422 valence electrons. The van der Waals surface area contributed by atoms with Crippen LogP contribution < -0.4 is 0 Å². The van der Waals surface area contributed by atoms with Gasteiger partial charge in [0.1, 0.15) is 0 Å². The van der Waals surface area contributed by atoms with Gasteiger partial charge >= 0.3 is 0 Å². The monoisotopic (exact) mass is 1090 g/mol. The molecular weight excluding hydrogens is 965 g/mol. The summed E-state index contributed by atoms with van der Waals surface area (Å²) in [5, 5.41) is 0.282. The van der Waals surface area contributed by atoms with E-state index < -0.39 is 41.6 Å². The van der Waals surface area contributed by atoms with Gasteiger partial charge < -0.3 is 22.1 Å². The SMILES string of the molecule is C=C1/C(=C\C=C2/CCC[C@@]3(C)C2CCC3[C@@H](CCCC(C)(C)O[Si](CC)(CC)CC)CCC(O[Si](CC)(CC)CC)C(C)(C)O[Si](CC)(CC)CC)CC(O[Si](C)(C)C(C)(C)C)C[C@@H]1O[Si](C)(C)C(C)(C)C. The topological polar surface area (TPSA) is 46.2 Å². The molecule has 3 saturated carbocycles. The van der Waals surface area contributed by atoms with Crippen molar-refractivity contribution in [2.24, 2.45) is 23.2 Å². The summed E-state index contributed by atoms with van der Waals surface area (Å²) < 4.78 is 37.1. The summed E-state index contributed by atoms with van der Waals surface area (Å²) in [7, 11) is -9.60. The van der Waals surface area contributed by atoms with Crippen molar-refractivity contribution < 1.29 is 22.1 Å². The maximum absolute atomic E-state index is 7.73. The van der Waals surface area contributed by atoms with Crippen molar-refractivity contribution in [1.29, 1.82) is 0 Å². The van der Waals surface area contributed by atoms with Gasteiger partial charge in [0.05, 0.1) is 29.5 Å². The zero-order valence-corrected chi connectivity index (χ0v) is 57.7. The van der Waals surface area contributed by atoms with E-state index in [2.05, 4.69) is 177 Å². The van der Waals surface area contributed by atoms with Crippen molar-refractivity contribution >= 4 is 41.6 Å². The van der Waals surface area contributed by atoms with Crippen LogP contribution >= 0.6 is 0 Å². The molecule has 10 heteroatoms. The standard InChI is InChI=1S/C62H124O5Si5/c1-26-70(27-2,28-3)65-57(61(19,20)67-72(32-7,33-8)34-9)44-41-51(37-35-45-60(17,18)66-71(29-4,30-5)31-6)55-43-42-54-50(38-36-46-62(54,55)21)39-40-52-47-53(63-68(22,23)58(11,12)13)48-56(49(52)10)64-69(24,25)59(14,15)16/h39-40,51,53-57H,10,26-38,41-48H2,1-9,11-25H3/b50-39+,52-40-/t51-,53?,54?,55?,56-,57?,62-/m0/s1. The fraction of sp³-hybridized carbons (Fsp3) is 0.903. The van der Waals surface area contributed by atoms with Gasteiger partial charge in [-0.3, -0.25) is 0 Å². The van der Waals surface area contributed by atoms with Crippen molar-refractivity contribution in [2.75, 3.05) is 0 Å². The lowest BCUT2D eigenvalue weighted by molar-refractivity contribution is -0.0376. The van der Waals surface area contributed by atoms with E-state index in [4.69, 9.17) is 28.7 Å². The van der Waals surface area contributed by atoms with E-state index in [9.17, 15) is 0 Å². The molecule has 0 aromatic heterocycles. The van der Waals surface area contributed by atoms with Crippen LogP contribution in [0.15, 0.2) is 35.5 Å². The second kappa shape index (κ2) is 26.4. The van der Waals surface area contributed by atoms with Crippen LogP contribution in [0.5, 0.6) is 0 Å². The first-order valence-corrected chi connectivity index (χ1v) is 44.1. The Labute approximate surface area is 455 Å². The molecule has 3 rings (SSSR count). The predicted octanol–water partition coefficient (Wildman–Crippen LogP) is 20.7. The van der Waals surface area contributed by atoms with Crippen molar-refractivity contribution in [1.82, 2.24) is 0 Å². The molecule has 0 amide bonds. The Kier molecular flexibility index (Phi) is 24.3. The van der Waals surface area contributed by atoms with Crippen LogP contribution in [-0.4, -0.2) is 71.1 Å². The van der Waals surface area contributed by atoms with E-state index in [-0.39, 0.29) is 45.0 Å². The quantitative estimate of drug-likeness (QED) is 0.0699. The van der Waals surface area contributed by atoms with Gasteiger partial charge in [-0.2, -0.15) is 0 Å². The summed E-state index contributed by atoms with van der Waals surface area (Å²) in [5.41, 5.74) is 4.12. The van der Waals surface area contributed by atoms with Crippen LogP contribution in [0.4, 0.5) is 0 Å². The van der Waals surface area contributed by atoms with Crippen LogP contribution in [0.3, 0.4) is 0 Å². The second-order valence-electron chi connectivity index (χ2n) is 28.5. The van der Waals surface area contributed by atoms with Gasteiger partial charge in [-0.15, -0.1) is 0 Å². The highest BCUT2D eigenvalue weighted by atomic mass is 28.4. The zero-order chi connectivity index (χ0) is 55.0. The first-order valence-electron chi connectivity index (χ1n) is 30.7. The first-order chi connectivity index (χ1) is 33.1. The molecule has 3 aliphatic carbocycles. The van der Waals surface area contributed by atoms with E-state index in [0.717, 1.165) is 25.7 Å². The summed E-state index contributed by atoms with van der Waals surface area (Å²) in [6, 6.07) is 10.7. The molecule has 0 aromatic carbocycles. The molecule has 0 spiro atoms. The first kappa shape index (κ1) is 66.4. The highest BCUT2D eigenvalue weighted by Crippen LogP contribution is 2.61. The fourth-order valence-corrected chi connectivity index (χ4v) is 25.6. The zero-order valence-electron chi connectivity index (χ0n) is 52.7. The van der Waals surface area contributed by atoms with Gasteiger partial charge in [-0.05, 0) is 210 Å². The number of fused-ring (bicyclic) bond motifs is 1. The van der Waals surface area contributed by atoms with Crippen molar-refractivity contribution in [3.05, 3.63) is 35.5 Å². The van der Waals surface area contributed by atoms with Crippen LogP contribution in [-0.2, 0) is 22.1 Å². The van der Waals surface area contributed by atoms with Crippen LogP contribution in [0.2, 0.25) is 90.7 Å². The minimum atomic E-state index is -2.05. The molecule has 0 heterocycles. The molecule has 3 aliphatic rings. The highest BCUT2D eigenvalue weighted by molar-refractivity contribution is 6.75. The molecule has 0 aliphatic heterocycles. The Balaban J connectivity index is 2.11. The van der Waals surface area contributed by atoms with Crippen LogP contribution in [0, 0.1) is 23.2 Å². The van der Waals surface area contributed by atoms with Gasteiger partial charge in [-0.25, -0.2) is 0 Å². The minimum Gasteiger partial charge on any atom is -0.413 e. The lowest BCUT2D eigenvalue weighted by Crippen LogP contribution is -2.54. The number of rotatable bonds is 29. The van der Waals surface area contributed by atoms with E-state index in [1.165, 1.54) is 117 Å². The van der Waals surface area contributed by atoms with Gasteiger partial charge in [0.15, 0.2) is 41.6 Å². The largest absolute Gasteiger partial charge is 0.413 e. The molecule has 4 unspecified atom stereocenters. The van der Waals surface area contributed by atoms with Crippen LogP contribution in [0.1, 0.15) is 216 Å². The van der Waals surface area contributed by atoms with Crippen molar-refractivity contribution in [2.45, 2.75) is 336 Å². The normalized spacial score (nSPS) is 25.6. The average Bonchev–Trinajstić information content (AvgIpc) is 3.66. The third kappa shape index (κ3) is 16.3. The number of hydrogen-bond donors (Lipinski definition) is 0. The molecule has 0 radical (unpaired) electrons.